The molecule has 1 fully saturated rings. The molecule has 2 aromatic heterocycles. The number of carbonyl (C=O) groups excluding carboxylic acids is 1. The van der Waals surface area contributed by atoms with Crippen LogP contribution in [0.3, 0.4) is 0 Å². The first kappa shape index (κ1) is 12.6. The maximum atomic E-state index is 12.2. The zero-order valence-corrected chi connectivity index (χ0v) is 14.3. The van der Waals surface area contributed by atoms with E-state index in [4.69, 9.17) is 14.6 Å². The van der Waals surface area contributed by atoms with Crippen molar-refractivity contribution in [2.24, 2.45) is 0 Å². The number of hydrogen-bond acceptors (Lipinski definition) is 6. The lowest BCUT2D eigenvalue weighted by atomic mass is 10.2. The van der Waals surface area contributed by atoms with Crippen molar-refractivity contribution in [2.75, 3.05) is 25.9 Å². The lowest BCUT2D eigenvalue weighted by molar-refractivity contribution is -0.127. The Morgan fingerprint density at radius 3 is 3.26 bits per heavy atom. The molecule has 1 aliphatic rings. The molecule has 122 valence electrons. The second-order valence-electron chi connectivity index (χ2n) is 5.24. The van der Waals surface area contributed by atoms with Gasteiger partial charge in [-0.3, -0.25) is 4.79 Å². The first-order chi connectivity index (χ1) is 12.2. The SMILES string of the molecule is [2H]C([2H])([2H])OC[C@H]1C[C@H](n2nc(I)c3c(N)ncnc32)CN1C(=O)C=C. The molecule has 0 spiro atoms. The molecule has 1 saturated heterocycles. The highest BCUT2D eigenvalue weighted by Crippen LogP contribution is 2.32. The van der Waals surface area contributed by atoms with Crippen LogP contribution in [0.25, 0.3) is 11.0 Å². The summed E-state index contributed by atoms with van der Waals surface area (Å²) >= 11 is 2.06. The number of likely N-dealkylation sites (tertiary alicyclic amines) is 1. The van der Waals surface area contributed by atoms with Crippen LogP contribution < -0.4 is 5.73 Å². The Hall–Kier alpha value is -1.75. The molecule has 2 N–H and O–H groups in total. The third-order valence-corrected chi connectivity index (χ3v) is 4.70. The van der Waals surface area contributed by atoms with Crippen LogP contribution in [0.5, 0.6) is 0 Å². The van der Waals surface area contributed by atoms with Crippen molar-refractivity contribution in [3.63, 3.8) is 0 Å². The average Bonchev–Trinajstić information content (AvgIpc) is 3.14. The van der Waals surface area contributed by atoms with Crippen LogP contribution in [0.4, 0.5) is 5.82 Å². The standard InChI is InChI=1S/C14H17IN6O2/c1-3-10(22)20-5-8(4-9(20)6-23-2)21-14-11(12(15)19-21)13(16)17-7-18-14/h3,7-9H,1,4-6H2,2H3,(H2,16,17,18)/t8-,9+/m0/s1/i2D3. The number of fused-ring (bicyclic) bond motifs is 1. The van der Waals surface area contributed by atoms with Crippen LogP contribution in [-0.2, 0) is 9.53 Å². The van der Waals surface area contributed by atoms with Gasteiger partial charge in [-0.25, -0.2) is 14.6 Å². The molecule has 9 heteroatoms. The summed E-state index contributed by atoms with van der Waals surface area (Å²) in [5.74, 6) is 0.0527. The first-order valence-electron chi connectivity index (χ1n) is 8.42. The third kappa shape index (κ3) is 2.78. The quantitative estimate of drug-likeness (QED) is 0.573. The van der Waals surface area contributed by atoms with E-state index in [0.717, 1.165) is 0 Å². The lowest BCUT2D eigenvalue weighted by Crippen LogP contribution is -2.37. The Balaban J connectivity index is 1.91. The number of anilines is 1. The Kier molecular flexibility index (Phi) is 3.52. The van der Waals surface area contributed by atoms with Crippen molar-refractivity contribution >= 4 is 45.3 Å². The predicted octanol–water partition coefficient (Wildman–Crippen LogP) is 0.987. The zero-order valence-electron chi connectivity index (χ0n) is 15.1. The van der Waals surface area contributed by atoms with E-state index < -0.39 is 13.1 Å². The normalized spacial score (nSPS) is 23.5. The maximum Gasteiger partial charge on any atom is 0.246 e. The molecular weight excluding hydrogens is 411 g/mol. The van der Waals surface area contributed by atoms with E-state index >= 15 is 0 Å². The molecule has 3 heterocycles. The minimum absolute atomic E-state index is 0.0972. The Labute approximate surface area is 151 Å². The fourth-order valence-electron chi connectivity index (χ4n) is 2.92. The van der Waals surface area contributed by atoms with E-state index in [-0.39, 0.29) is 18.6 Å². The molecule has 0 aliphatic carbocycles. The Morgan fingerprint density at radius 2 is 2.52 bits per heavy atom. The van der Waals surface area contributed by atoms with Crippen LogP contribution in [-0.4, -0.2) is 56.8 Å². The van der Waals surface area contributed by atoms with E-state index in [2.05, 4.69) is 44.2 Å². The average molecular weight is 431 g/mol. The zero-order chi connectivity index (χ0) is 19.1. The van der Waals surface area contributed by atoms with Crippen LogP contribution >= 0.6 is 22.6 Å². The highest BCUT2D eigenvalue weighted by molar-refractivity contribution is 14.1. The van der Waals surface area contributed by atoms with Crippen LogP contribution in [0.15, 0.2) is 19.0 Å². The van der Waals surface area contributed by atoms with Crippen LogP contribution in [0.2, 0.25) is 0 Å². The van der Waals surface area contributed by atoms with Gasteiger partial charge in [0.15, 0.2) is 5.65 Å². The van der Waals surface area contributed by atoms with Gasteiger partial charge in [-0.15, -0.1) is 0 Å². The number of nitrogens with zero attached hydrogens (tertiary/aromatic N) is 5. The molecular formula is C14H17IN6O2. The van der Waals surface area contributed by atoms with Gasteiger partial charge in [-0.2, -0.15) is 5.10 Å². The maximum absolute atomic E-state index is 12.2. The molecule has 0 unspecified atom stereocenters. The number of amides is 1. The fourth-order valence-corrected chi connectivity index (χ4v) is 3.67. The topological polar surface area (TPSA) is 99.2 Å². The van der Waals surface area contributed by atoms with Gasteiger partial charge < -0.3 is 15.4 Å². The highest BCUT2D eigenvalue weighted by Gasteiger charge is 2.36. The number of ether oxygens (including phenoxy) is 1. The van der Waals surface area contributed by atoms with Crippen molar-refractivity contribution in [2.45, 2.75) is 18.5 Å². The molecule has 1 aliphatic heterocycles. The molecule has 8 nitrogen and oxygen atoms in total. The third-order valence-electron chi connectivity index (χ3n) is 3.95. The summed E-state index contributed by atoms with van der Waals surface area (Å²) in [5.41, 5.74) is 6.50. The van der Waals surface area contributed by atoms with E-state index in [1.165, 1.54) is 12.4 Å². The van der Waals surface area contributed by atoms with Gasteiger partial charge in [0.05, 0.1) is 28.2 Å². The van der Waals surface area contributed by atoms with Gasteiger partial charge >= 0.3 is 0 Å². The van der Waals surface area contributed by atoms with Gasteiger partial charge in [0.2, 0.25) is 5.91 Å². The number of hydrogen-bond donors (Lipinski definition) is 1. The second kappa shape index (κ2) is 6.40. The van der Waals surface area contributed by atoms with Crippen molar-refractivity contribution < 1.29 is 13.6 Å². The minimum Gasteiger partial charge on any atom is -0.383 e. The van der Waals surface area contributed by atoms with Crippen molar-refractivity contribution in [3.05, 3.63) is 22.7 Å². The summed E-state index contributed by atoms with van der Waals surface area (Å²) in [6.45, 7) is 3.75. The van der Waals surface area contributed by atoms with Crippen molar-refractivity contribution in [1.82, 2.24) is 24.6 Å². The summed E-state index contributed by atoms with van der Waals surface area (Å²) < 4.78 is 28.9. The number of nitrogen functional groups attached to an aromatic ring is 1. The molecule has 1 amide bonds. The van der Waals surface area contributed by atoms with Gasteiger partial charge in [-0.05, 0) is 35.1 Å². The van der Waals surface area contributed by atoms with Gasteiger partial charge in [0, 0.05) is 13.6 Å². The minimum atomic E-state index is -2.52. The molecule has 3 rings (SSSR count). The summed E-state index contributed by atoms with van der Waals surface area (Å²) in [5, 5.41) is 5.16. The monoisotopic (exact) mass is 431 g/mol. The summed E-state index contributed by atoms with van der Waals surface area (Å²) in [7, 11) is -2.52. The number of halogens is 1. The molecule has 2 aromatic rings. The summed E-state index contributed by atoms with van der Waals surface area (Å²) in [6, 6.07) is -0.591. The van der Waals surface area contributed by atoms with E-state index in [9.17, 15) is 4.79 Å². The summed E-state index contributed by atoms with van der Waals surface area (Å²) in [4.78, 5) is 22.0. The largest absolute Gasteiger partial charge is 0.383 e. The first-order valence-corrected chi connectivity index (χ1v) is 8.00. The van der Waals surface area contributed by atoms with Crippen molar-refractivity contribution in [1.29, 1.82) is 0 Å². The highest BCUT2D eigenvalue weighted by atomic mass is 127. The van der Waals surface area contributed by atoms with Gasteiger partial charge in [0.1, 0.15) is 15.8 Å². The Bertz CT molecular complexity index is 855. The number of rotatable bonds is 4. The molecule has 23 heavy (non-hydrogen) atoms. The smallest absolute Gasteiger partial charge is 0.246 e. The van der Waals surface area contributed by atoms with Crippen LogP contribution in [0, 0.1) is 3.70 Å². The second-order valence-corrected chi connectivity index (χ2v) is 6.26. The van der Waals surface area contributed by atoms with Gasteiger partial charge in [-0.1, -0.05) is 6.58 Å². The van der Waals surface area contributed by atoms with E-state index in [1.54, 1.807) is 9.58 Å². The number of carbonyl (C=O) groups is 1. The molecule has 0 radical (unpaired) electrons. The molecule has 0 saturated carbocycles. The molecule has 2 atom stereocenters. The van der Waals surface area contributed by atoms with Crippen LogP contribution in [0.1, 0.15) is 16.6 Å². The van der Waals surface area contributed by atoms with Gasteiger partial charge in [0.25, 0.3) is 0 Å². The number of nitrogens with two attached hydrogens (primary N) is 1. The van der Waals surface area contributed by atoms with E-state index in [1.807, 2.05) is 0 Å². The van der Waals surface area contributed by atoms with E-state index in [0.29, 0.717) is 33.5 Å². The predicted molar refractivity (Wildman–Crippen MR) is 93.7 cm³/mol. The molecule has 0 bridgehead atoms. The fraction of sp³-hybridized carbons (Fsp3) is 0.429. The number of methoxy groups -OCH3 is 1. The lowest BCUT2D eigenvalue weighted by Gasteiger charge is -2.22. The summed E-state index contributed by atoms with van der Waals surface area (Å²) in [6.07, 6.45) is 3.05. The number of aromatic nitrogens is 4. The Morgan fingerprint density at radius 1 is 1.70 bits per heavy atom. The molecule has 0 aromatic carbocycles. The van der Waals surface area contributed by atoms with Crippen molar-refractivity contribution in [3.8, 4) is 0 Å².